The van der Waals surface area contributed by atoms with E-state index in [1.807, 2.05) is 29.8 Å². The molecule has 3 aromatic rings. The van der Waals surface area contributed by atoms with Crippen LogP contribution >= 0.6 is 0 Å². The van der Waals surface area contributed by atoms with E-state index >= 15 is 0 Å². The number of aromatic carboxylic acids is 1. The monoisotopic (exact) mass is 320 g/mol. The van der Waals surface area contributed by atoms with Gasteiger partial charge in [0.1, 0.15) is 11.8 Å². The minimum Gasteiger partial charge on any atom is -0.497 e. The Kier molecular flexibility index (Phi) is 3.74. The number of carboxylic acid groups (broad SMARTS) is 1. The van der Waals surface area contributed by atoms with Gasteiger partial charge in [-0.3, -0.25) is 0 Å². The molecule has 2 aromatic carbocycles. The highest BCUT2D eigenvalue weighted by atomic mass is 16.5. The third-order valence-corrected chi connectivity index (χ3v) is 4.25. The van der Waals surface area contributed by atoms with Gasteiger partial charge in [0, 0.05) is 18.0 Å². The summed E-state index contributed by atoms with van der Waals surface area (Å²) in [5.74, 6) is -0.269. The Balaban J connectivity index is 2.30. The molecule has 120 valence electrons. The first kappa shape index (κ1) is 15.6. The van der Waals surface area contributed by atoms with Crippen molar-refractivity contribution in [2.24, 2.45) is 7.05 Å². The van der Waals surface area contributed by atoms with Crippen molar-refractivity contribution in [1.82, 2.24) is 4.57 Å². The van der Waals surface area contributed by atoms with E-state index in [1.54, 1.807) is 32.2 Å². The van der Waals surface area contributed by atoms with Gasteiger partial charge < -0.3 is 14.4 Å². The average Bonchev–Trinajstić information content (AvgIpc) is 2.85. The highest BCUT2D eigenvalue weighted by Crippen LogP contribution is 2.35. The van der Waals surface area contributed by atoms with Gasteiger partial charge in [0.2, 0.25) is 0 Å². The summed E-state index contributed by atoms with van der Waals surface area (Å²) in [5.41, 5.74) is 3.97. The quantitative estimate of drug-likeness (QED) is 0.798. The molecule has 0 aliphatic heterocycles. The second-order valence-electron chi connectivity index (χ2n) is 5.61. The van der Waals surface area contributed by atoms with Crippen LogP contribution < -0.4 is 4.74 Å². The number of nitriles is 1. The van der Waals surface area contributed by atoms with E-state index in [1.165, 1.54) is 0 Å². The van der Waals surface area contributed by atoms with E-state index in [-0.39, 0.29) is 5.56 Å². The Bertz CT molecular complexity index is 1010. The second-order valence-corrected chi connectivity index (χ2v) is 5.61. The van der Waals surface area contributed by atoms with Crippen LogP contribution in [0.5, 0.6) is 5.75 Å². The molecule has 5 heteroatoms. The number of carboxylic acids is 1. The van der Waals surface area contributed by atoms with Crippen molar-refractivity contribution < 1.29 is 14.6 Å². The average molecular weight is 320 g/mol. The number of rotatable bonds is 3. The topological polar surface area (TPSA) is 75.2 Å². The molecule has 0 amide bonds. The fourth-order valence-electron chi connectivity index (χ4n) is 3.05. The minimum absolute atomic E-state index is 0.262. The van der Waals surface area contributed by atoms with E-state index in [2.05, 4.69) is 6.07 Å². The van der Waals surface area contributed by atoms with Crippen LogP contribution in [0.15, 0.2) is 36.4 Å². The van der Waals surface area contributed by atoms with Crippen molar-refractivity contribution in [3.63, 3.8) is 0 Å². The first-order valence-corrected chi connectivity index (χ1v) is 7.38. The van der Waals surface area contributed by atoms with Crippen LogP contribution in [0.4, 0.5) is 0 Å². The van der Waals surface area contributed by atoms with E-state index in [4.69, 9.17) is 4.74 Å². The molecular weight excluding hydrogens is 304 g/mol. The van der Waals surface area contributed by atoms with Gasteiger partial charge in [0.25, 0.3) is 0 Å². The smallest absolute Gasteiger partial charge is 0.335 e. The lowest BCUT2D eigenvalue weighted by molar-refractivity contribution is 0.0696. The van der Waals surface area contributed by atoms with Crippen LogP contribution in [0.3, 0.4) is 0 Å². The number of benzene rings is 2. The number of aromatic nitrogens is 1. The van der Waals surface area contributed by atoms with E-state index in [9.17, 15) is 15.2 Å². The molecule has 0 spiro atoms. The van der Waals surface area contributed by atoms with Gasteiger partial charge in [-0.05, 0) is 48.4 Å². The third kappa shape index (κ3) is 2.29. The standard InChI is InChI=1S/C19H16N2O3/c1-11-8-12(4-6-14(11)19(22)23)18-16(10-20)15-9-13(24-3)5-7-17(15)21(18)2/h4-9H,1-3H3,(H,22,23). The summed E-state index contributed by atoms with van der Waals surface area (Å²) >= 11 is 0. The van der Waals surface area contributed by atoms with E-state index in [0.717, 1.165) is 22.2 Å². The van der Waals surface area contributed by atoms with E-state index < -0.39 is 5.97 Å². The summed E-state index contributed by atoms with van der Waals surface area (Å²) < 4.78 is 7.20. The Morgan fingerprint density at radius 2 is 2.00 bits per heavy atom. The van der Waals surface area contributed by atoms with E-state index in [0.29, 0.717) is 16.9 Å². The molecule has 5 nitrogen and oxygen atoms in total. The summed E-state index contributed by atoms with van der Waals surface area (Å²) in [6.07, 6.45) is 0. The van der Waals surface area contributed by atoms with Crippen molar-refractivity contribution in [1.29, 1.82) is 5.26 Å². The van der Waals surface area contributed by atoms with Gasteiger partial charge in [0.15, 0.2) is 0 Å². The first-order chi connectivity index (χ1) is 11.5. The van der Waals surface area contributed by atoms with Gasteiger partial charge in [-0.25, -0.2) is 4.79 Å². The Morgan fingerprint density at radius 3 is 2.58 bits per heavy atom. The van der Waals surface area contributed by atoms with Crippen LogP contribution in [0, 0.1) is 18.3 Å². The second kappa shape index (κ2) is 5.74. The first-order valence-electron chi connectivity index (χ1n) is 7.38. The van der Waals surface area contributed by atoms with Gasteiger partial charge in [0.05, 0.1) is 23.9 Å². The Morgan fingerprint density at radius 1 is 1.25 bits per heavy atom. The molecule has 0 aliphatic carbocycles. The number of ether oxygens (including phenoxy) is 1. The molecule has 0 saturated heterocycles. The molecule has 1 N–H and O–H groups in total. The lowest BCUT2D eigenvalue weighted by atomic mass is 10.0. The molecule has 0 fully saturated rings. The number of fused-ring (bicyclic) bond motifs is 1. The number of methoxy groups -OCH3 is 1. The fourth-order valence-corrected chi connectivity index (χ4v) is 3.05. The predicted molar refractivity (Wildman–Crippen MR) is 91.3 cm³/mol. The van der Waals surface area contributed by atoms with Crippen molar-refractivity contribution in [2.45, 2.75) is 6.92 Å². The molecule has 0 radical (unpaired) electrons. The molecular formula is C19H16N2O3. The maximum Gasteiger partial charge on any atom is 0.335 e. The lowest BCUT2D eigenvalue weighted by Gasteiger charge is -2.08. The summed E-state index contributed by atoms with van der Waals surface area (Å²) in [6, 6.07) is 13.0. The highest BCUT2D eigenvalue weighted by Gasteiger charge is 2.18. The van der Waals surface area contributed by atoms with Crippen LogP contribution in [0.2, 0.25) is 0 Å². The summed E-state index contributed by atoms with van der Waals surface area (Å²) in [7, 11) is 3.48. The zero-order valence-electron chi connectivity index (χ0n) is 13.6. The molecule has 0 bridgehead atoms. The Labute approximate surface area is 139 Å². The maximum atomic E-state index is 11.2. The number of carbonyl (C=O) groups is 1. The molecule has 24 heavy (non-hydrogen) atoms. The zero-order valence-corrected chi connectivity index (χ0v) is 13.6. The third-order valence-electron chi connectivity index (χ3n) is 4.25. The van der Waals surface area contributed by atoms with Crippen molar-refractivity contribution in [2.75, 3.05) is 7.11 Å². The SMILES string of the molecule is COc1ccc2c(c1)c(C#N)c(-c1ccc(C(=O)O)c(C)c1)n2C. The molecule has 0 atom stereocenters. The van der Waals surface area contributed by atoms with Crippen molar-refractivity contribution in [3.05, 3.63) is 53.1 Å². The summed E-state index contributed by atoms with van der Waals surface area (Å²) in [6.45, 7) is 1.75. The number of hydrogen-bond donors (Lipinski definition) is 1. The predicted octanol–water partition coefficient (Wildman–Crippen LogP) is 3.73. The van der Waals surface area contributed by atoms with Crippen LogP contribution in [0.1, 0.15) is 21.5 Å². The molecule has 1 heterocycles. The molecule has 0 unspecified atom stereocenters. The largest absolute Gasteiger partial charge is 0.497 e. The van der Waals surface area contributed by atoms with Gasteiger partial charge in [-0.1, -0.05) is 6.07 Å². The highest BCUT2D eigenvalue weighted by molar-refractivity contribution is 5.96. The summed E-state index contributed by atoms with van der Waals surface area (Å²) in [4.78, 5) is 11.2. The number of hydrogen-bond acceptors (Lipinski definition) is 3. The normalized spacial score (nSPS) is 10.6. The number of aryl methyl sites for hydroxylation is 2. The fraction of sp³-hybridized carbons (Fsp3) is 0.158. The molecule has 0 aliphatic rings. The van der Waals surface area contributed by atoms with Crippen molar-refractivity contribution in [3.8, 4) is 23.1 Å². The molecule has 0 saturated carbocycles. The molecule has 3 rings (SSSR count). The Hall–Kier alpha value is -3.26. The van der Waals surface area contributed by atoms with Crippen molar-refractivity contribution >= 4 is 16.9 Å². The van der Waals surface area contributed by atoms with Gasteiger partial charge >= 0.3 is 5.97 Å². The van der Waals surface area contributed by atoms with Crippen LogP contribution in [0.25, 0.3) is 22.2 Å². The summed E-state index contributed by atoms with van der Waals surface area (Å²) in [5, 5.41) is 19.7. The van der Waals surface area contributed by atoms with Crippen LogP contribution in [-0.4, -0.2) is 22.8 Å². The maximum absolute atomic E-state index is 11.2. The number of nitrogens with zero attached hydrogens (tertiary/aromatic N) is 2. The minimum atomic E-state index is -0.957. The lowest BCUT2D eigenvalue weighted by Crippen LogP contribution is -2.00. The molecule has 1 aromatic heterocycles. The van der Waals surface area contributed by atoms with Gasteiger partial charge in [-0.15, -0.1) is 0 Å². The zero-order chi connectivity index (χ0) is 17.4. The van der Waals surface area contributed by atoms with Crippen LogP contribution in [-0.2, 0) is 7.05 Å². The van der Waals surface area contributed by atoms with Gasteiger partial charge in [-0.2, -0.15) is 5.26 Å².